The summed E-state index contributed by atoms with van der Waals surface area (Å²) in [5, 5.41) is 8.76. The van der Waals surface area contributed by atoms with E-state index in [1.54, 1.807) is 12.3 Å². The Balaban J connectivity index is 2.00. The lowest BCUT2D eigenvalue weighted by atomic mass is 10.1. The van der Waals surface area contributed by atoms with Gasteiger partial charge in [-0.3, -0.25) is 0 Å². The van der Waals surface area contributed by atoms with Gasteiger partial charge in [-0.2, -0.15) is 5.26 Å². The molecular formula is C15H15N3O. The molecule has 0 saturated carbocycles. The molecule has 0 spiro atoms. The van der Waals surface area contributed by atoms with Crippen LogP contribution in [0.2, 0.25) is 0 Å². The Kier molecular flexibility index (Phi) is 4.11. The van der Waals surface area contributed by atoms with Gasteiger partial charge in [0.1, 0.15) is 24.1 Å². The minimum atomic E-state index is 0.0208. The SMILES string of the molecule is C[C@@H](N)c1ccc(OCc2ccnc(C#N)c2)cc1. The molecule has 0 bridgehead atoms. The first-order valence-electron chi connectivity index (χ1n) is 6.02. The molecule has 0 radical (unpaired) electrons. The van der Waals surface area contributed by atoms with E-state index in [1.165, 1.54) is 0 Å². The van der Waals surface area contributed by atoms with E-state index in [-0.39, 0.29) is 6.04 Å². The van der Waals surface area contributed by atoms with Crippen LogP contribution in [0.5, 0.6) is 5.75 Å². The third-order valence-electron chi connectivity index (χ3n) is 2.75. The van der Waals surface area contributed by atoms with Crippen LogP contribution in [0.1, 0.15) is 29.8 Å². The molecule has 0 aliphatic heterocycles. The van der Waals surface area contributed by atoms with Crippen LogP contribution in [0.25, 0.3) is 0 Å². The Hall–Kier alpha value is -2.38. The maximum Gasteiger partial charge on any atom is 0.140 e. The number of hydrogen-bond donors (Lipinski definition) is 1. The highest BCUT2D eigenvalue weighted by Gasteiger charge is 2.01. The molecule has 96 valence electrons. The van der Waals surface area contributed by atoms with E-state index in [4.69, 9.17) is 15.7 Å². The second kappa shape index (κ2) is 5.98. The van der Waals surface area contributed by atoms with Gasteiger partial charge in [-0.15, -0.1) is 0 Å². The lowest BCUT2D eigenvalue weighted by Gasteiger charge is -2.09. The van der Waals surface area contributed by atoms with Crippen molar-refractivity contribution in [3.8, 4) is 11.8 Å². The van der Waals surface area contributed by atoms with Crippen LogP contribution in [0.15, 0.2) is 42.6 Å². The summed E-state index contributed by atoms with van der Waals surface area (Å²) < 4.78 is 5.65. The largest absolute Gasteiger partial charge is 0.489 e. The predicted molar refractivity (Wildman–Crippen MR) is 72.3 cm³/mol. The van der Waals surface area contributed by atoms with Gasteiger partial charge < -0.3 is 10.5 Å². The molecule has 2 aromatic rings. The number of nitrogens with zero attached hydrogens (tertiary/aromatic N) is 2. The first-order chi connectivity index (χ1) is 9.19. The number of nitriles is 1. The van der Waals surface area contributed by atoms with Gasteiger partial charge in [-0.05, 0) is 42.3 Å². The molecule has 4 nitrogen and oxygen atoms in total. The average Bonchev–Trinajstić information content (AvgIpc) is 2.46. The molecule has 2 rings (SSSR count). The first kappa shape index (κ1) is 13.1. The molecule has 1 aromatic heterocycles. The van der Waals surface area contributed by atoms with Gasteiger partial charge in [-0.1, -0.05) is 12.1 Å². The van der Waals surface area contributed by atoms with Crippen molar-refractivity contribution in [2.45, 2.75) is 19.6 Å². The predicted octanol–water partition coefficient (Wildman–Crippen LogP) is 2.55. The quantitative estimate of drug-likeness (QED) is 0.908. The fourth-order valence-electron chi connectivity index (χ4n) is 1.66. The molecule has 2 N–H and O–H groups in total. The van der Waals surface area contributed by atoms with E-state index >= 15 is 0 Å². The van der Waals surface area contributed by atoms with Crippen molar-refractivity contribution in [2.24, 2.45) is 5.73 Å². The molecule has 0 saturated heterocycles. The fourth-order valence-corrected chi connectivity index (χ4v) is 1.66. The Labute approximate surface area is 112 Å². The Morgan fingerprint density at radius 2 is 2.05 bits per heavy atom. The fraction of sp³-hybridized carbons (Fsp3) is 0.200. The highest BCUT2D eigenvalue weighted by molar-refractivity contribution is 5.30. The highest BCUT2D eigenvalue weighted by atomic mass is 16.5. The highest BCUT2D eigenvalue weighted by Crippen LogP contribution is 2.17. The van der Waals surface area contributed by atoms with Crippen LogP contribution < -0.4 is 10.5 Å². The van der Waals surface area contributed by atoms with Crippen LogP contribution >= 0.6 is 0 Å². The summed E-state index contributed by atoms with van der Waals surface area (Å²) in [7, 11) is 0. The van der Waals surface area contributed by atoms with E-state index in [1.807, 2.05) is 43.3 Å². The number of hydrogen-bond acceptors (Lipinski definition) is 4. The molecule has 4 heteroatoms. The Morgan fingerprint density at radius 3 is 2.68 bits per heavy atom. The number of nitrogens with two attached hydrogens (primary N) is 1. The smallest absolute Gasteiger partial charge is 0.140 e. The number of ether oxygens (including phenoxy) is 1. The second-order valence-electron chi connectivity index (χ2n) is 4.31. The third kappa shape index (κ3) is 3.54. The topological polar surface area (TPSA) is 71.9 Å². The van der Waals surface area contributed by atoms with Gasteiger partial charge in [0.15, 0.2) is 0 Å². The van der Waals surface area contributed by atoms with Crippen LogP contribution in [-0.2, 0) is 6.61 Å². The molecule has 0 unspecified atom stereocenters. The molecular weight excluding hydrogens is 238 g/mol. The minimum absolute atomic E-state index is 0.0208. The second-order valence-corrected chi connectivity index (χ2v) is 4.31. The van der Waals surface area contributed by atoms with Crippen LogP contribution in [0.3, 0.4) is 0 Å². The zero-order valence-corrected chi connectivity index (χ0v) is 10.7. The van der Waals surface area contributed by atoms with E-state index in [0.29, 0.717) is 12.3 Å². The zero-order chi connectivity index (χ0) is 13.7. The average molecular weight is 253 g/mol. The van der Waals surface area contributed by atoms with E-state index in [0.717, 1.165) is 16.9 Å². The van der Waals surface area contributed by atoms with Gasteiger partial charge in [0.2, 0.25) is 0 Å². The van der Waals surface area contributed by atoms with Crippen molar-refractivity contribution in [3.63, 3.8) is 0 Å². The number of benzene rings is 1. The van der Waals surface area contributed by atoms with E-state index in [2.05, 4.69) is 4.98 Å². The molecule has 19 heavy (non-hydrogen) atoms. The first-order valence-corrected chi connectivity index (χ1v) is 6.02. The van der Waals surface area contributed by atoms with E-state index < -0.39 is 0 Å². The summed E-state index contributed by atoms with van der Waals surface area (Å²) in [4.78, 5) is 3.91. The van der Waals surface area contributed by atoms with Crippen molar-refractivity contribution in [2.75, 3.05) is 0 Å². The van der Waals surface area contributed by atoms with Crippen LogP contribution in [-0.4, -0.2) is 4.98 Å². The summed E-state index contributed by atoms with van der Waals surface area (Å²) in [6.07, 6.45) is 1.61. The van der Waals surface area contributed by atoms with Gasteiger partial charge in [0.25, 0.3) is 0 Å². The normalized spacial score (nSPS) is 11.6. The molecule has 0 aliphatic carbocycles. The zero-order valence-electron chi connectivity index (χ0n) is 10.7. The van der Waals surface area contributed by atoms with Crippen molar-refractivity contribution >= 4 is 0 Å². The third-order valence-corrected chi connectivity index (χ3v) is 2.75. The number of pyridine rings is 1. The lowest BCUT2D eigenvalue weighted by molar-refractivity contribution is 0.306. The van der Waals surface area contributed by atoms with Crippen molar-refractivity contribution in [3.05, 3.63) is 59.4 Å². The summed E-state index contributed by atoms with van der Waals surface area (Å²) in [5.41, 5.74) is 8.17. The minimum Gasteiger partial charge on any atom is -0.489 e. The number of rotatable bonds is 4. The summed E-state index contributed by atoms with van der Waals surface area (Å²) >= 11 is 0. The van der Waals surface area contributed by atoms with Crippen LogP contribution in [0, 0.1) is 11.3 Å². The monoisotopic (exact) mass is 253 g/mol. The van der Waals surface area contributed by atoms with Gasteiger partial charge >= 0.3 is 0 Å². The maximum absolute atomic E-state index is 8.76. The molecule has 1 heterocycles. The molecule has 0 aliphatic rings. The van der Waals surface area contributed by atoms with Gasteiger partial charge in [-0.25, -0.2) is 4.98 Å². The standard InChI is InChI=1S/C15H15N3O/c1-11(17)13-2-4-15(5-3-13)19-10-12-6-7-18-14(8-12)9-16/h2-8,11H,10,17H2,1H3/t11-/m1/s1. The number of aromatic nitrogens is 1. The van der Waals surface area contributed by atoms with Crippen LogP contribution in [0.4, 0.5) is 0 Å². The van der Waals surface area contributed by atoms with Gasteiger partial charge in [0, 0.05) is 12.2 Å². The lowest BCUT2D eigenvalue weighted by Crippen LogP contribution is -2.04. The van der Waals surface area contributed by atoms with Gasteiger partial charge in [0.05, 0.1) is 0 Å². The van der Waals surface area contributed by atoms with E-state index in [9.17, 15) is 0 Å². The molecule has 1 atom stereocenters. The molecule has 1 aromatic carbocycles. The Bertz CT molecular complexity index is 585. The summed E-state index contributed by atoms with van der Waals surface area (Å²) in [6, 6.07) is 13.3. The summed E-state index contributed by atoms with van der Waals surface area (Å²) in [5.74, 6) is 0.778. The van der Waals surface area contributed by atoms with Crippen molar-refractivity contribution < 1.29 is 4.74 Å². The maximum atomic E-state index is 8.76. The van der Waals surface area contributed by atoms with Crippen molar-refractivity contribution in [1.29, 1.82) is 5.26 Å². The van der Waals surface area contributed by atoms with Crippen molar-refractivity contribution in [1.82, 2.24) is 4.98 Å². The molecule has 0 amide bonds. The molecule has 0 fully saturated rings. The Morgan fingerprint density at radius 1 is 1.32 bits per heavy atom. The summed E-state index contributed by atoms with van der Waals surface area (Å²) in [6.45, 7) is 2.35.